The van der Waals surface area contributed by atoms with E-state index in [0.29, 0.717) is 5.69 Å². The fourth-order valence-corrected chi connectivity index (χ4v) is 3.29. The largest absolute Gasteiger partial charge is 0.478 e. The minimum absolute atomic E-state index is 0.230. The third-order valence-corrected chi connectivity index (χ3v) is 5.55. The molecule has 0 aliphatic carbocycles. The van der Waals surface area contributed by atoms with Crippen molar-refractivity contribution in [1.29, 1.82) is 0 Å². The Labute approximate surface area is 118 Å². The highest BCUT2D eigenvalue weighted by atomic mass is 32.2. The number of anilines is 1. The van der Waals surface area contributed by atoms with Crippen LogP contribution < -0.4 is 9.04 Å². The van der Waals surface area contributed by atoms with Crippen molar-refractivity contribution in [3.63, 3.8) is 0 Å². The molecule has 0 spiro atoms. The van der Waals surface area contributed by atoms with Crippen LogP contribution in [0, 0.1) is 0 Å². The first-order chi connectivity index (χ1) is 9.14. The van der Waals surface area contributed by atoms with Crippen molar-refractivity contribution in [2.45, 2.75) is 31.6 Å². The van der Waals surface area contributed by atoms with Crippen LogP contribution in [0.4, 0.5) is 5.69 Å². The van der Waals surface area contributed by atoms with Crippen molar-refractivity contribution in [2.75, 3.05) is 10.8 Å². The first-order valence-corrected chi connectivity index (χ1v) is 7.59. The van der Waals surface area contributed by atoms with Gasteiger partial charge in [0.2, 0.25) is 16.1 Å². The first-order valence-electron chi connectivity index (χ1n) is 6.15. The summed E-state index contributed by atoms with van der Waals surface area (Å²) in [7, 11) is -3.69. The van der Waals surface area contributed by atoms with Gasteiger partial charge in [-0.2, -0.15) is 0 Å². The van der Waals surface area contributed by atoms with Crippen LogP contribution in [0.25, 0.3) is 0 Å². The zero-order valence-corrected chi connectivity index (χ0v) is 12.3. The second-order valence-electron chi connectivity index (χ2n) is 5.56. The third-order valence-electron chi connectivity index (χ3n) is 3.07. The Morgan fingerprint density at radius 3 is 2.50 bits per heavy atom. The number of aliphatic carboxylic acids is 1. The van der Waals surface area contributed by atoms with Crippen molar-refractivity contribution in [1.82, 2.24) is 0 Å². The quantitative estimate of drug-likeness (QED) is 0.894. The molecule has 1 heterocycles. The second kappa shape index (κ2) is 4.66. The molecule has 0 aromatic heterocycles. The molecule has 0 amide bonds. The lowest BCUT2D eigenvalue weighted by molar-refractivity contribution is -0.144. The number of rotatable bonds is 2. The molecular formula is C13H17NO5S. The van der Waals surface area contributed by atoms with Gasteiger partial charge in [-0.05, 0) is 32.9 Å². The molecule has 1 aromatic carbocycles. The Hall–Kier alpha value is -1.76. The topological polar surface area (TPSA) is 83.9 Å². The summed E-state index contributed by atoms with van der Waals surface area (Å²) in [6.45, 7) is 4.51. The molecule has 0 bridgehead atoms. The van der Waals surface area contributed by atoms with Crippen LogP contribution in [0.2, 0.25) is 0 Å². The molecule has 2 rings (SSSR count). The summed E-state index contributed by atoms with van der Waals surface area (Å²) < 4.78 is 30.7. The van der Waals surface area contributed by atoms with Crippen LogP contribution in [-0.2, 0) is 14.8 Å². The van der Waals surface area contributed by atoms with Gasteiger partial charge in [-0.25, -0.2) is 13.2 Å². The number of ether oxygens (including phenoxy) is 1. The van der Waals surface area contributed by atoms with Gasteiger partial charge in [-0.1, -0.05) is 12.1 Å². The minimum Gasteiger partial charge on any atom is -0.478 e. The van der Waals surface area contributed by atoms with Crippen molar-refractivity contribution >= 4 is 21.7 Å². The SMILES string of the molecule is CC(C)(C)S(=O)(=O)N1CC(C(=O)O)Oc2ccccc21. The van der Waals surface area contributed by atoms with Gasteiger partial charge in [0.1, 0.15) is 5.75 Å². The van der Waals surface area contributed by atoms with Gasteiger partial charge in [0.15, 0.2) is 0 Å². The summed E-state index contributed by atoms with van der Waals surface area (Å²) in [5, 5.41) is 9.10. The molecule has 1 unspecified atom stereocenters. The molecule has 1 aliphatic rings. The molecule has 1 N–H and O–H groups in total. The molecule has 7 heteroatoms. The van der Waals surface area contributed by atoms with Crippen LogP contribution >= 0.6 is 0 Å². The Bertz CT molecular complexity index is 632. The lowest BCUT2D eigenvalue weighted by Gasteiger charge is -2.37. The number of carboxylic acids is 1. The van der Waals surface area contributed by atoms with Crippen LogP contribution in [0.5, 0.6) is 5.75 Å². The molecule has 20 heavy (non-hydrogen) atoms. The van der Waals surface area contributed by atoms with E-state index in [2.05, 4.69) is 0 Å². The van der Waals surface area contributed by atoms with E-state index in [1.165, 1.54) is 0 Å². The van der Waals surface area contributed by atoms with E-state index in [0.717, 1.165) is 4.31 Å². The van der Waals surface area contributed by atoms with E-state index < -0.39 is 26.8 Å². The number of para-hydroxylation sites is 2. The maximum absolute atomic E-state index is 12.6. The number of carboxylic acid groups (broad SMARTS) is 1. The number of hydrogen-bond donors (Lipinski definition) is 1. The molecule has 0 fully saturated rings. The van der Waals surface area contributed by atoms with Gasteiger partial charge in [-0.3, -0.25) is 4.31 Å². The number of hydrogen-bond acceptors (Lipinski definition) is 4. The monoisotopic (exact) mass is 299 g/mol. The van der Waals surface area contributed by atoms with Crippen LogP contribution in [-0.4, -0.2) is 36.9 Å². The maximum Gasteiger partial charge on any atom is 0.346 e. The lowest BCUT2D eigenvalue weighted by atomic mass is 10.2. The Morgan fingerprint density at radius 2 is 1.95 bits per heavy atom. The molecule has 1 atom stereocenters. The Morgan fingerprint density at radius 1 is 1.35 bits per heavy atom. The average Bonchev–Trinajstić information content (AvgIpc) is 2.35. The number of carbonyl (C=O) groups is 1. The van der Waals surface area contributed by atoms with E-state index in [9.17, 15) is 13.2 Å². The zero-order chi connectivity index (χ0) is 15.1. The maximum atomic E-state index is 12.6. The molecule has 110 valence electrons. The first kappa shape index (κ1) is 14.6. The van der Waals surface area contributed by atoms with Crippen LogP contribution in [0.15, 0.2) is 24.3 Å². The normalized spacial score (nSPS) is 19.1. The third kappa shape index (κ3) is 2.33. The standard InChI is InChI=1S/C13H17NO5S/c1-13(2,3)20(17,18)14-8-11(12(15)16)19-10-7-5-4-6-9(10)14/h4-7,11H,8H2,1-3H3,(H,15,16). The highest BCUT2D eigenvalue weighted by Gasteiger charge is 2.42. The average molecular weight is 299 g/mol. The number of benzene rings is 1. The predicted molar refractivity (Wildman–Crippen MR) is 74.5 cm³/mol. The summed E-state index contributed by atoms with van der Waals surface area (Å²) in [5.74, 6) is -0.924. The van der Waals surface area contributed by atoms with E-state index in [-0.39, 0.29) is 12.3 Å². The molecule has 1 aliphatic heterocycles. The Kier molecular flexibility index (Phi) is 3.41. The fraction of sp³-hybridized carbons (Fsp3) is 0.462. The summed E-state index contributed by atoms with van der Waals surface area (Å²) >= 11 is 0. The van der Waals surface area contributed by atoms with E-state index in [4.69, 9.17) is 9.84 Å². The lowest BCUT2D eigenvalue weighted by Crippen LogP contribution is -2.51. The molecular weight excluding hydrogens is 282 g/mol. The van der Waals surface area contributed by atoms with Gasteiger partial charge in [0.25, 0.3) is 0 Å². The van der Waals surface area contributed by atoms with E-state index in [1.54, 1.807) is 45.0 Å². The highest BCUT2D eigenvalue weighted by molar-refractivity contribution is 7.94. The van der Waals surface area contributed by atoms with Gasteiger partial charge < -0.3 is 9.84 Å². The number of sulfonamides is 1. The summed E-state index contributed by atoms with van der Waals surface area (Å²) in [6.07, 6.45) is -1.21. The molecule has 0 saturated carbocycles. The summed E-state index contributed by atoms with van der Waals surface area (Å²) in [6, 6.07) is 6.53. The van der Waals surface area contributed by atoms with E-state index >= 15 is 0 Å². The van der Waals surface area contributed by atoms with Crippen molar-refractivity contribution in [3.8, 4) is 5.75 Å². The van der Waals surface area contributed by atoms with Crippen LogP contribution in [0.3, 0.4) is 0 Å². The number of fused-ring (bicyclic) bond motifs is 1. The van der Waals surface area contributed by atoms with Gasteiger partial charge in [0.05, 0.1) is 17.0 Å². The van der Waals surface area contributed by atoms with Crippen LogP contribution in [0.1, 0.15) is 20.8 Å². The van der Waals surface area contributed by atoms with Crippen molar-refractivity contribution in [3.05, 3.63) is 24.3 Å². The molecule has 0 radical (unpaired) electrons. The fourth-order valence-electron chi connectivity index (χ4n) is 1.89. The predicted octanol–water partition coefficient (Wildman–Crippen LogP) is 1.47. The van der Waals surface area contributed by atoms with Gasteiger partial charge >= 0.3 is 5.97 Å². The molecule has 0 saturated heterocycles. The number of nitrogens with zero attached hydrogens (tertiary/aromatic N) is 1. The van der Waals surface area contributed by atoms with Crippen molar-refractivity contribution < 1.29 is 23.1 Å². The minimum atomic E-state index is -3.69. The molecule has 1 aromatic rings. The summed E-state index contributed by atoms with van der Waals surface area (Å²) in [5.41, 5.74) is 0.375. The van der Waals surface area contributed by atoms with E-state index in [1.807, 2.05) is 0 Å². The van der Waals surface area contributed by atoms with Gasteiger partial charge in [-0.15, -0.1) is 0 Å². The zero-order valence-electron chi connectivity index (χ0n) is 11.5. The Balaban J connectivity index is 2.55. The smallest absolute Gasteiger partial charge is 0.346 e. The van der Waals surface area contributed by atoms with Crippen molar-refractivity contribution in [2.24, 2.45) is 0 Å². The summed E-state index contributed by atoms with van der Waals surface area (Å²) in [4.78, 5) is 11.1. The molecule has 6 nitrogen and oxygen atoms in total. The van der Waals surface area contributed by atoms with Gasteiger partial charge in [0, 0.05) is 0 Å². The highest BCUT2D eigenvalue weighted by Crippen LogP contribution is 2.37. The second-order valence-corrected chi connectivity index (χ2v) is 8.18.